The van der Waals surface area contributed by atoms with Gasteiger partial charge in [-0.3, -0.25) is 15.1 Å². The van der Waals surface area contributed by atoms with Gasteiger partial charge in [-0.2, -0.15) is 0 Å². The van der Waals surface area contributed by atoms with E-state index in [1.54, 1.807) is 48.9 Å². The highest BCUT2D eigenvalue weighted by molar-refractivity contribution is 7.15. The molecule has 4 aromatic rings. The Kier molecular flexibility index (Phi) is 7.26. The number of nitrogens with one attached hydrogen (secondary N) is 1. The number of amides is 1. The maximum Gasteiger partial charge on any atom is 0.257 e. The number of halogens is 1. The molecule has 8 heteroatoms. The third kappa shape index (κ3) is 6.14. The molecule has 0 spiro atoms. The molecule has 0 radical (unpaired) electrons. The van der Waals surface area contributed by atoms with Crippen LogP contribution in [-0.4, -0.2) is 22.5 Å². The molecule has 1 amide bonds. The molecule has 0 aliphatic heterocycles. The molecule has 0 aliphatic carbocycles. The Bertz CT molecular complexity index is 1210. The molecule has 2 aromatic heterocycles. The molecule has 0 saturated carbocycles. The fourth-order valence-electron chi connectivity index (χ4n) is 3.10. The second kappa shape index (κ2) is 10.7. The molecule has 2 heterocycles. The van der Waals surface area contributed by atoms with Crippen LogP contribution in [0, 0.1) is 5.82 Å². The standard InChI is InChI=1S/C25H22FN3O3S/c1-2-31-23-13-19(7-10-22(23)32-16-18-4-3-11-27-14-18)24(30)29-25-28-15-21(33-25)12-17-5-8-20(26)9-6-17/h3-11,13-15H,2,12,16H2,1H3,(H,28,29,30). The van der Waals surface area contributed by atoms with Gasteiger partial charge in [-0.25, -0.2) is 9.37 Å². The number of hydrogen-bond acceptors (Lipinski definition) is 6. The van der Waals surface area contributed by atoms with E-state index in [1.807, 2.05) is 19.1 Å². The highest BCUT2D eigenvalue weighted by Crippen LogP contribution is 2.30. The van der Waals surface area contributed by atoms with E-state index in [0.717, 1.165) is 16.0 Å². The van der Waals surface area contributed by atoms with Crippen LogP contribution in [0.1, 0.15) is 33.3 Å². The molecule has 0 aliphatic rings. The van der Waals surface area contributed by atoms with Crippen molar-refractivity contribution in [3.8, 4) is 11.5 Å². The van der Waals surface area contributed by atoms with Crippen molar-refractivity contribution in [1.82, 2.24) is 9.97 Å². The molecule has 0 unspecified atom stereocenters. The molecule has 2 aromatic carbocycles. The number of hydrogen-bond donors (Lipinski definition) is 1. The predicted octanol–water partition coefficient (Wildman–Crippen LogP) is 5.50. The first-order valence-corrected chi connectivity index (χ1v) is 11.2. The molecular weight excluding hydrogens is 441 g/mol. The summed E-state index contributed by atoms with van der Waals surface area (Å²) in [4.78, 5) is 22.1. The van der Waals surface area contributed by atoms with Gasteiger partial charge in [-0.05, 0) is 48.9 Å². The van der Waals surface area contributed by atoms with E-state index >= 15 is 0 Å². The van der Waals surface area contributed by atoms with Crippen LogP contribution in [0.25, 0.3) is 0 Å². The van der Waals surface area contributed by atoms with Gasteiger partial charge in [-0.1, -0.05) is 18.2 Å². The lowest BCUT2D eigenvalue weighted by atomic mass is 10.1. The van der Waals surface area contributed by atoms with Gasteiger partial charge in [0.2, 0.25) is 0 Å². The van der Waals surface area contributed by atoms with E-state index in [0.29, 0.717) is 41.8 Å². The molecule has 1 N–H and O–H groups in total. The summed E-state index contributed by atoms with van der Waals surface area (Å²) in [6.45, 7) is 2.65. The Balaban J connectivity index is 1.41. The highest BCUT2D eigenvalue weighted by atomic mass is 32.1. The van der Waals surface area contributed by atoms with Crippen molar-refractivity contribution >= 4 is 22.4 Å². The number of aromatic nitrogens is 2. The maximum absolute atomic E-state index is 13.1. The van der Waals surface area contributed by atoms with Gasteiger partial charge in [0, 0.05) is 41.0 Å². The van der Waals surface area contributed by atoms with Crippen LogP contribution >= 0.6 is 11.3 Å². The fourth-order valence-corrected chi connectivity index (χ4v) is 3.94. The van der Waals surface area contributed by atoms with Crippen LogP contribution in [0.2, 0.25) is 0 Å². The zero-order valence-corrected chi connectivity index (χ0v) is 18.8. The summed E-state index contributed by atoms with van der Waals surface area (Å²) in [5.74, 6) is 0.478. The predicted molar refractivity (Wildman–Crippen MR) is 125 cm³/mol. The third-order valence-electron chi connectivity index (χ3n) is 4.69. The van der Waals surface area contributed by atoms with Crippen molar-refractivity contribution in [1.29, 1.82) is 0 Å². The molecular formula is C25H22FN3O3S. The van der Waals surface area contributed by atoms with Gasteiger partial charge in [0.05, 0.1) is 6.61 Å². The van der Waals surface area contributed by atoms with Crippen molar-refractivity contribution in [3.63, 3.8) is 0 Å². The smallest absolute Gasteiger partial charge is 0.257 e. The molecule has 33 heavy (non-hydrogen) atoms. The molecule has 6 nitrogen and oxygen atoms in total. The molecule has 0 saturated heterocycles. The number of rotatable bonds is 9. The summed E-state index contributed by atoms with van der Waals surface area (Å²) in [6, 6.07) is 15.2. The number of carbonyl (C=O) groups excluding carboxylic acids is 1. The second-order valence-electron chi connectivity index (χ2n) is 7.13. The minimum Gasteiger partial charge on any atom is -0.490 e. The summed E-state index contributed by atoms with van der Waals surface area (Å²) in [5, 5.41) is 3.32. The van der Waals surface area contributed by atoms with E-state index in [1.165, 1.54) is 23.5 Å². The van der Waals surface area contributed by atoms with E-state index in [2.05, 4.69) is 15.3 Å². The van der Waals surface area contributed by atoms with Crippen molar-refractivity contribution in [2.45, 2.75) is 20.0 Å². The Morgan fingerprint density at radius 1 is 1.03 bits per heavy atom. The zero-order valence-electron chi connectivity index (χ0n) is 18.0. The van der Waals surface area contributed by atoms with Crippen LogP contribution in [-0.2, 0) is 13.0 Å². The molecule has 4 rings (SSSR count). The number of ether oxygens (including phenoxy) is 2. The third-order valence-corrected chi connectivity index (χ3v) is 5.60. The largest absolute Gasteiger partial charge is 0.490 e. The minimum absolute atomic E-state index is 0.268. The van der Waals surface area contributed by atoms with Crippen LogP contribution < -0.4 is 14.8 Å². The number of anilines is 1. The number of benzene rings is 2. The normalized spacial score (nSPS) is 10.6. The SMILES string of the molecule is CCOc1cc(C(=O)Nc2ncc(Cc3ccc(F)cc3)s2)ccc1OCc1cccnc1. The average Bonchev–Trinajstić information content (AvgIpc) is 3.27. The van der Waals surface area contributed by atoms with E-state index in [9.17, 15) is 9.18 Å². The summed E-state index contributed by atoms with van der Waals surface area (Å²) >= 11 is 1.38. The van der Waals surface area contributed by atoms with Crippen LogP contribution in [0.3, 0.4) is 0 Å². The second-order valence-corrected chi connectivity index (χ2v) is 8.25. The van der Waals surface area contributed by atoms with Gasteiger partial charge >= 0.3 is 0 Å². The topological polar surface area (TPSA) is 73.3 Å². The number of thiazole rings is 1. The lowest BCUT2D eigenvalue weighted by Gasteiger charge is -2.13. The first-order chi connectivity index (χ1) is 16.1. The zero-order chi connectivity index (χ0) is 23.0. The van der Waals surface area contributed by atoms with Crippen molar-refractivity contribution in [3.05, 3.63) is 101 Å². The van der Waals surface area contributed by atoms with Gasteiger partial charge in [0.15, 0.2) is 16.6 Å². The number of nitrogens with zero attached hydrogens (tertiary/aromatic N) is 2. The molecule has 0 fully saturated rings. The first-order valence-electron chi connectivity index (χ1n) is 10.4. The van der Waals surface area contributed by atoms with E-state index in [-0.39, 0.29) is 11.7 Å². The Labute approximate surface area is 195 Å². The first kappa shape index (κ1) is 22.4. The summed E-state index contributed by atoms with van der Waals surface area (Å²) in [7, 11) is 0. The van der Waals surface area contributed by atoms with E-state index in [4.69, 9.17) is 9.47 Å². The van der Waals surface area contributed by atoms with Crippen LogP contribution in [0.4, 0.5) is 9.52 Å². The van der Waals surface area contributed by atoms with Crippen molar-refractivity contribution in [2.75, 3.05) is 11.9 Å². The van der Waals surface area contributed by atoms with E-state index < -0.39 is 0 Å². The fraction of sp³-hybridized carbons (Fsp3) is 0.160. The number of carbonyl (C=O) groups is 1. The average molecular weight is 464 g/mol. The van der Waals surface area contributed by atoms with Crippen molar-refractivity contribution < 1.29 is 18.7 Å². The number of pyridine rings is 1. The maximum atomic E-state index is 13.1. The summed E-state index contributed by atoms with van der Waals surface area (Å²) < 4.78 is 24.6. The van der Waals surface area contributed by atoms with Crippen LogP contribution in [0.15, 0.2) is 73.2 Å². The molecule has 168 valence electrons. The molecule has 0 atom stereocenters. The lowest BCUT2D eigenvalue weighted by molar-refractivity contribution is 0.102. The van der Waals surface area contributed by atoms with Gasteiger partial charge in [0.1, 0.15) is 12.4 Å². The van der Waals surface area contributed by atoms with Gasteiger partial charge in [-0.15, -0.1) is 11.3 Å². The summed E-state index contributed by atoms with van der Waals surface area (Å²) in [5.41, 5.74) is 2.34. The summed E-state index contributed by atoms with van der Waals surface area (Å²) in [6.07, 6.45) is 5.77. The molecule has 0 bridgehead atoms. The highest BCUT2D eigenvalue weighted by Gasteiger charge is 2.14. The Hall–Kier alpha value is -3.78. The van der Waals surface area contributed by atoms with Gasteiger partial charge in [0.25, 0.3) is 5.91 Å². The Morgan fingerprint density at radius 3 is 2.64 bits per heavy atom. The monoisotopic (exact) mass is 463 g/mol. The Morgan fingerprint density at radius 2 is 1.88 bits per heavy atom. The van der Waals surface area contributed by atoms with Gasteiger partial charge < -0.3 is 9.47 Å². The minimum atomic E-state index is -0.294. The van der Waals surface area contributed by atoms with Crippen LogP contribution in [0.5, 0.6) is 11.5 Å². The quantitative estimate of drug-likeness (QED) is 0.355. The lowest BCUT2D eigenvalue weighted by Crippen LogP contribution is -2.12. The van der Waals surface area contributed by atoms with Crippen molar-refractivity contribution in [2.24, 2.45) is 0 Å².